The van der Waals surface area contributed by atoms with E-state index in [4.69, 9.17) is 4.74 Å². The van der Waals surface area contributed by atoms with E-state index in [-0.39, 0.29) is 6.03 Å². The van der Waals surface area contributed by atoms with Crippen molar-refractivity contribution >= 4 is 11.7 Å². The molecule has 1 unspecified atom stereocenters. The zero-order chi connectivity index (χ0) is 19.5. The Labute approximate surface area is 166 Å². The number of ether oxygens (including phenoxy) is 1. The Hall–Kier alpha value is -2.38. The van der Waals surface area contributed by atoms with Crippen molar-refractivity contribution in [3.63, 3.8) is 0 Å². The number of piperidine rings is 1. The maximum absolute atomic E-state index is 13.0. The van der Waals surface area contributed by atoms with Crippen molar-refractivity contribution in [2.75, 3.05) is 44.7 Å². The molecule has 2 amide bonds. The van der Waals surface area contributed by atoms with Gasteiger partial charge in [0.25, 0.3) is 0 Å². The second-order valence-corrected chi connectivity index (χ2v) is 7.61. The molecule has 3 heterocycles. The van der Waals surface area contributed by atoms with Crippen LogP contribution in [0.4, 0.5) is 10.5 Å². The van der Waals surface area contributed by atoms with Crippen LogP contribution in [0.2, 0.25) is 0 Å². The highest BCUT2D eigenvalue weighted by Crippen LogP contribution is 2.24. The molecule has 2 aliphatic rings. The summed E-state index contributed by atoms with van der Waals surface area (Å²) in [5, 5.41) is 7.75. The molecule has 1 N–H and O–H groups in total. The molecule has 0 spiro atoms. The van der Waals surface area contributed by atoms with Crippen LogP contribution in [-0.4, -0.2) is 71.0 Å². The second kappa shape index (κ2) is 8.32. The molecule has 2 fully saturated rings. The summed E-state index contributed by atoms with van der Waals surface area (Å²) in [6, 6.07) is 10.4. The Morgan fingerprint density at radius 2 is 1.89 bits per heavy atom. The van der Waals surface area contributed by atoms with Crippen molar-refractivity contribution in [3.8, 4) is 5.69 Å². The van der Waals surface area contributed by atoms with E-state index in [1.54, 1.807) is 0 Å². The molecular formula is C21H29N5O2. The Bertz CT molecular complexity index is 814. The number of carbonyl (C=O) groups is 1. The minimum Gasteiger partial charge on any atom is -0.379 e. The van der Waals surface area contributed by atoms with Crippen LogP contribution in [0, 0.1) is 13.8 Å². The average molecular weight is 383 g/mol. The minimum atomic E-state index is -0.0308. The van der Waals surface area contributed by atoms with Crippen molar-refractivity contribution in [1.82, 2.24) is 19.6 Å². The lowest BCUT2D eigenvalue weighted by Crippen LogP contribution is -2.53. The number of aryl methyl sites for hydroxylation is 1. The van der Waals surface area contributed by atoms with Crippen LogP contribution in [-0.2, 0) is 4.74 Å². The number of para-hydroxylation sites is 1. The largest absolute Gasteiger partial charge is 0.379 e. The Morgan fingerprint density at radius 3 is 2.64 bits per heavy atom. The monoisotopic (exact) mass is 383 g/mol. The van der Waals surface area contributed by atoms with Gasteiger partial charge in [-0.15, -0.1) is 0 Å². The first-order valence-corrected chi connectivity index (χ1v) is 10.1. The summed E-state index contributed by atoms with van der Waals surface area (Å²) in [6.45, 7) is 9.02. The molecule has 0 aliphatic carbocycles. The van der Waals surface area contributed by atoms with Crippen LogP contribution in [0.5, 0.6) is 0 Å². The molecule has 7 heteroatoms. The van der Waals surface area contributed by atoms with Gasteiger partial charge in [-0.25, -0.2) is 9.48 Å². The summed E-state index contributed by atoms with van der Waals surface area (Å²) in [5.41, 5.74) is 3.58. The standard InChI is InChI=1S/C21H29N5O2/c1-16-20(17(2)26(23-16)18-7-4-3-5-8-18)22-21(27)25-10-6-9-19(15-25)24-11-13-28-14-12-24/h3-5,7-8,19H,6,9-15H2,1-2H3,(H,22,27). The summed E-state index contributed by atoms with van der Waals surface area (Å²) >= 11 is 0. The van der Waals surface area contributed by atoms with Gasteiger partial charge in [-0.05, 0) is 38.8 Å². The molecule has 1 atom stereocenters. The first-order valence-electron chi connectivity index (χ1n) is 10.1. The second-order valence-electron chi connectivity index (χ2n) is 7.61. The number of amides is 2. The summed E-state index contributed by atoms with van der Waals surface area (Å²) < 4.78 is 7.35. The number of nitrogens with zero attached hydrogens (tertiary/aromatic N) is 4. The molecule has 2 aliphatic heterocycles. The van der Waals surface area contributed by atoms with Crippen LogP contribution in [0.3, 0.4) is 0 Å². The highest BCUT2D eigenvalue weighted by Gasteiger charge is 2.29. The molecular weight excluding hydrogens is 354 g/mol. The van der Waals surface area contributed by atoms with E-state index in [0.717, 1.165) is 75.0 Å². The predicted octanol–water partition coefficient (Wildman–Crippen LogP) is 2.82. The SMILES string of the molecule is Cc1nn(-c2ccccc2)c(C)c1NC(=O)N1CCCC(N2CCOCC2)C1. The van der Waals surface area contributed by atoms with Crippen molar-refractivity contribution in [3.05, 3.63) is 41.7 Å². The molecule has 7 nitrogen and oxygen atoms in total. The van der Waals surface area contributed by atoms with Gasteiger partial charge in [-0.1, -0.05) is 18.2 Å². The quantitative estimate of drug-likeness (QED) is 0.885. The van der Waals surface area contributed by atoms with Crippen molar-refractivity contribution in [2.45, 2.75) is 32.7 Å². The van der Waals surface area contributed by atoms with Gasteiger partial charge in [0.1, 0.15) is 0 Å². The molecule has 2 aromatic rings. The third-order valence-electron chi connectivity index (χ3n) is 5.77. The fourth-order valence-corrected chi connectivity index (χ4v) is 4.21. The summed E-state index contributed by atoms with van der Waals surface area (Å²) in [6.07, 6.45) is 2.18. The van der Waals surface area contributed by atoms with Crippen molar-refractivity contribution in [1.29, 1.82) is 0 Å². The fourth-order valence-electron chi connectivity index (χ4n) is 4.21. The highest BCUT2D eigenvalue weighted by atomic mass is 16.5. The minimum absolute atomic E-state index is 0.0308. The van der Waals surface area contributed by atoms with Gasteiger partial charge in [0, 0.05) is 32.2 Å². The molecule has 1 aromatic carbocycles. The lowest BCUT2D eigenvalue weighted by Gasteiger charge is -2.40. The lowest BCUT2D eigenvalue weighted by molar-refractivity contribution is 0.00248. The third kappa shape index (κ3) is 3.91. The van der Waals surface area contributed by atoms with E-state index < -0.39 is 0 Å². The summed E-state index contributed by atoms with van der Waals surface area (Å²) in [7, 11) is 0. The first-order chi connectivity index (χ1) is 13.6. The molecule has 4 rings (SSSR count). The average Bonchev–Trinajstić information content (AvgIpc) is 3.03. The fraction of sp³-hybridized carbons (Fsp3) is 0.524. The third-order valence-corrected chi connectivity index (χ3v) is 5.77. The number of morpholine rings is 1. The van der Waals surface area contributed by atoms with E-state index in [1.807, 2.05) is 53.8 Å². The van der Waals surface area contributed by atoms with Crippen LogP contribution in [0.1, 0.15) is 24.2 Å². The van der Waals surface area contributed by atoms with Crippen LogP contribution in [0.25, 0.3) is 5.69 Å². The number of hydrogen-bond acceptors (Lipinski definition) is 4. The summed E-state index contributed by atoms with van der Waals surface area (Å²) in [4.78, 5) is 17.4. The van der Waals surface area contributed by atoms with E-state index in [9.17, 15) is 4.79 Å². The number of likely N-dealkylation sites (tertiary alicyclic amines) is 1. The Balaban J connectivity index is 1.45. The first kappa shape index (κ1) is 19.0. The van der Waals surface area contributed by atoms with Gasteiger partial charge < -0.3 is 15.0 Å². The predicted molar refractivity (Wildman–Crippen MR) is 109 cm³/mol. The van der Waals surface area contributed by atoms with Gasteiger partial charge in [-0.2, -0.15) is 5.10 Å². The summed E-state index contributed by atoms with van der Waals surface area (Å²) in [5.74, 6) is 0. The number of nitrogens with one attached hydrogen (secondary N) is 1. The van der Waals surface area contributed by atoms with Gasteiger partial charge in [0.05, 0.1) is 36.0 Å². The van der Waals surface area contributed by atoms with Crippen LogP contribution >= 0.6 is 0 Å². The number of benzene rings is 1. The van der Waals surface area contributed by atoms with E-state index in [2.05, 4.69) is 15.3 Å². The van der Waals surface area contributed by atoms with Gasteiger partial charge in [0.2, 0.25) is 0 Å². The Kier molecular flexibility index (Phi) is 5.64. The highest BCUT2D eigenvalue weighted by molar-refractivity contribution is 5.90. The maximum atomic E-state index is 13.0. The zero-order valence-corrected chi connectivity index (χ0v) is 16.7. The van der Waals surface area contributed by atoms with Crippen LogP contribution < -0.4 is 5.32 Å². The number of rotatable bonds is 3. The molecule has 0 saturated carbocycles. The molecule has 0 bridgehead atoms. The number of carbonyl (C=O) groups excluding carboxylic acids is 1. The van der Waals surface area contributed by atoms with Gasteiger partial charge >= 0.3 is 6.03 Å². The van der Waals surface area contributed by atoms with Gasteiger partial charge in [0.15, 0.2) is 0 Å². The number of anilines is 1. The number of hydrogen-bond donors (Lipinski definition) is 1. The smallest absolute Gasteiger partial charge is 0.322 e. The number of urea groups is 1. The van der Waals surface area contributed by atoms with Crippen molar-refractivity contribution < 1.29 is 9.53 Å². The Morgan fingerprint density at radius 1 is 1.14 bits per heavy atom. The van der Waals surface area contributed by atoms with E-state index >= 15 is 0 Å². The molecule has 28 heavy (non-hydrogen) atoms. The normalized spacial score (nSPS) is 20.9. The van der Waals surface area contributed by atoms with Crippen molar-refractivity contribution in [2.24, 2.45) is 0 Å². The number of aromatic nitrogens is 2. The lowest BCUT2D eigenvalue weighted by atomic mass is 10.0. The molecule has 150 valence electrons. The topological polar surface area (TPSA) is 62.6 Å². The van der Waals surface area contributed by atoms with E-state index in [0.29, 0.717) is 6.04 Å². The maximum Gasteiger partial charge on any atom is 0.322 e. The molecule has 2 saturated heterocycles. The van der Waals surface area contributed by atoms with Gasteiger partial charge in [-0.3, -0.25) is 4.90 Å². The van der Waals surface area contributed by atoms with Crippen LogP contribution in [0.15, 0.2) is 30.3 Å². The molecule has 0 radical (unpaired) electrons. The molecule has 1 aromatic heterocycles. The van der Waals surface area contributed by atoms with E-state index in [1.165, 1.54) is 0 Å². The zero-order valence-electron chi connectivity index (χ0n) is 16.7.